The summed E-state index contributed by atoms with van der Waals surface area (Å²) in [6, 6.07) is 13.8. The lowest BCUT2D eigenvalue weighted by Crippen LogP contribution is -2.31. The first-order valence-corrected chi connectivity index (χ1v) is 10.6. The number of carbonyl (C=O) groups excluding carboxylic acids is 1. The van der Waals surface area contributed by atoms with Gasteiger partial charge in [-0.1, -0.05) is 30.3 Å². The number of benzene rings is 2. The van der Waals surface area contributed by atoms with E-state index in [-0.39, 0.29) is 23.6 Å². The molecule has 3 heterocycles. The molecule has 1 aliphatic heterocycles. The highest BCUT2D eigenvalue weighted by Gasteiger charge is 2.47. The van der Waals surface area contributed by atoms with Gasteiger partial charge in [0.25, 0.3) is 0 Å². The number of carbonyl (C=O) groups is 1. The second-order valence-electron chi connectivity index (χ2n) is 8.25. The number of ether oxygens (including phenoxy) is 2. The molecule has 2 aromatic heterocycles. The zero-order valence-corrected chi connectivity index (χ0v) is 17.0. The molecule has 1 fully saturated rings. The van der Waals surface area contributed by atoms with Crippen molar-refractivity contribution in [2.45, 2.75) is 37.2 Å². The predicted octanol–water partition coefficient (Wildman–Crippen LogP) is 5.01. The van der Waals surface area contributed by atoms with Crippen LogP contribution in [0.15, 0.2) is 54.7 Å². The van der Waals surface area contributed by atoms with Crippen molar-refractivity contribution < 1.29 is 18.7 Å². The van der Waals surface area contributed by atoms with Crippen molar-refractivity contribution in [3.8, 4) is 11.8 Å². The summed E-state index contributed by atoms with van der Waals surface area (Å²) < 4.78 is 25.2. The zero-order chi connectivity index (χ0) is 21.7. The molecule has 1 N–H and O–H groups in total. The molecule has 0 atom stereocenters. The summed E-state index contributed by atoms with van der Waals surface area (Å²) in [6.07, 6.45) is 4.73. The highest BCUT2D eigenvalue weighted by atomic mass is 19.1. The van der Waals surface area contributed by atoms with E-state index in [9.17, 15) is 9.18 Å². The Morgan fingerprint density at radius 3 is 2.69 bits per heavy atom. The predicted molar refractivity (Wildman–Crippen MR) is 113 cm³/mol. The quantitative estimate of drug-likeness (QED) is 0.460. The van der Waals surface area contributed by atoms with Crippen LogP contribution < -0.4 is 4.74 Å². The number of imidazole rings is 1. The van der Waals surface area contributed by atoms with E-state index in [1.165, 1.54) is 12.1 Å². The fraction of sp³-hybridized carbons (Fsp3) is 0.250. The fourth-order valence-electron chi connectivity index (χ4n) is 4.75. The number of esters is 1. The van der Waals surface area contributed by atoms with Gasteiger partial charge < -0.3 is 14.5 Å². The Morgan fingerprint density at radius 1 is 1.06 bits per heavy atom. The van der Waals surface area contributed by atoms with E-state index in [1.807, 2.05) is 24.3 Å². The normalized spacial score (nSPS) is 22.2. The lowest BCUT2D eigenvalue weighted by Gasteiger charge is -2.35. The van der Waals surface area contributed by atoms with Gasteiger partial charge in [0.05, 0.1) is 11.8 Å². The van der Waals surface area contributed by atoms with Crippen LogP contribution >= 0.6 is 0 Å². The monoisotopic (exact) mass is 430 g/mol. The van der Waals surface area contributed by atoms with Crippen LogP contribution in [0.2, 0.25) is 0 Å². The van der Waals surface area contributed by atoms with Crippen LogP contribution in [0.4, 0.5) is 4.39 Å². The number of rotatable bonds is 3. The summed E-state index contributed by atoms with van der Waals surface area (Å²) in [5.41, 5.74) is 2.30. The third-order valence-electron chi connectivity index (χ3n) is 6.38. The third kappa shape index (κ3) is 3.02. The van der Waals surface area contributed by atoms with E-state index in [0.29, 0.717) is 16.7 Å². The summed E-state index contributed by atoms with van der Waals surface area (Å²) in [6.45, 7) is 0. The first-order valence-electron chi connectivity index (χ1n) is 10.6. The minimum Gasteiger partial charge on any atom is -0.451 e. The van der Waals surface area contributed by atoms with Gasteiger partial charge in [-0.3, -0.25) is 0 Å². The first-order chi connectivity index (χ1) is 15.6. The number of hydrogen-bond donors (Lipinski definition) is 1. The van der Waals surface area contributed by atoms with Crippen LogP contribution in [0.1, 0.15) is 53.3 Å². The average molecular weight is 430 g/mol. The Labute approximate surface area is 182 Å². The smallest absolute Gasteiger partial charge is 0.339 e. The Bertz CT molecular complexity index is 1340. The maximum Gasteiger partial charge on any atom is 0.339 e. The van der Waals surface area contributed by atoms with Crippen LogP contribution in [-0.4, -0.2) is 25.9 Å². The van der Waals surface area contributed by atoms with Crippen LogP contribution in [0.3, 0.4) is 0 Å². The SMILES string of the molecule is O=C1OC2(CCC(c3nc4nc(Oc5ccccc5F)ncc4[nH]3)CC2)c2ccccc21. The standard InChI is InChI=1S/C24H19FN4O3/c25-17-7-3-4-8-19(17)31-23-26-13-18-21(29-23)28-20(27-18)14-9-11-24(12-10-14)16-6-2-1-5-15(16)22(30)32-24/h1-8,13-14H,9-12H2,(H,26,27,28,29). The third-order valence-corrected chi connectivity index (χ3v) is 6.38. The fourth-order valence-corrected chi connectivity index (χ4v) is 4.75. The zero-order valence-electron chi connectivity index (χ0n) is 17.0. The number of H-pyrrole nitrogens is 1. The van der Waals surface area contributed by atoms with Crippen LogP contribution in [0.25, 0.3) is 11.2 Å². The van der Waals surface area contributed by atoms with Gasteiger partial charge in [0.2, 0.25) is 0 Å². The largest absolute Gasteiger partial charge is 0.451 e. The first kappa shape index (κ1) is 18.9. The molecule has 0 unspecified atom stereocenters. The van der Waals surface area contributed by atoms with Crippen LogP contribution in [-0.2, 0) is 10.3 Å². The van der Waals surface area contributed by atoms with Crippen molar-refractivity contribution in [1.29, 1.82) is 0 Å². The molecule has 2 aromatic carbocycles. The van der Waals surface area contributed by atoms with Gasteiger partial charge in [0.1, 0.15) is 16.9 Å². The molecule has 0 bridgehead atoms. The van der Waals surface area contributed by atoms with E-state index >= 15 is 0 Å². The minimum absolute atomic E-state index is 0.0396. The number of fused-ring (bicyclic) bond motifs is 3. The highest BCUT2D eigenvalue weighted by molar-refractivity contribution is 5.94. The molecule has 160 valence electrons. The second kappa shape index (κ2) is 7.12. The van der Waals surface area contributed by atoms with Crippen molar-refractivity contribution >= 4 is 17.1 Å². The lowest BCUT2D eigenvalue weighted by atomic mass is 9.75. The van der Waals surface area contributed by atoms with Gasteiger partial charge in [-0.05, 0) is 43.9 Å². The Hall–Kier alpha value is -3.81. The molecule has 0 amide bonds. The molecule has 8 heteroatoms. The van der Waals surface area contributed by atoms with E-state index in [1.54, 1.807) is 18.3 Å². The molecule has 2 aliphatic rings. The second-order valence-corrected chi connectivity index (χ2v) is 8.25. The number of nitrogens with zero attached hydrogens (tertiary/aromatic N) is 3. The number of hydrogen-bond acceptors (Lipinski definition) is 6. The molecular formula is C24H19FN4O3. The Balaban J connectivity index is 1.22. The number of aromatic nitrogens is 4. The van der Waals surface area contributed by atoms with Crippen molar-refractivity contribution in [2.75, 3.05) is 0 Å². The molecule has 1 spiro atoms. The van der Waals surface area contributed by atoms with Crippen LogP contribution in [0, 0.1) is 5.82 Å². The summed E-state index contributed by atoms with van der Waals surface area (Å²) in [5.74, 6) is 0.360. The molecule has 4 aromatic rings. The molecule has 6 rings (SSSR count). The summed E-state index contributed by atoms with van der Waals surface area (Å²) in [4.78, 5) is 28.7. The molecule has 0 saturated heterocycles. The van der Waals surface area contributed by atoms with Gasteiger partial charge in [-0.2, -0.15) is 4.98 Å². The molecule has 32 heavy (non-hydrogen) atoms. The number of halogens is 1. The average Bonchev–Trinajstić information content (AvgIpc) is 3.35. The molecule has 1 saturated carbocycles. The van der Waals surface area contributed by atoms with E-state index in [2.05, 4.69) is 19.9 Å². The van der Waals surface area contributed by atoms with Crippen molar-refractivity contribution in [3.05, 3.63) is 77.5 Å². The molecule has 1 aliphatic carbocycles. The van der Waals surface area contributed by atoms with E-state index in [4.69, 9.17) is 9.47 Å². The number of nitrogens with one attached hydrogen (secondary N) is 1. The van der Waals surface area contributed by atoms with Gasteiger partial charge in [-0.25, -0.2) is 19.2 Å². The maximum absolute atomic E-state index is 13.8. The van der Waals surface area contributed by atoms with E-state index < -0.39 is 11.4 Å². The van der Waals surface area contributed by atoms with Gasteiger partial charge in [-0.15, -0.1) is 0 Å². The summed E-state index contributed by atoms with van der Waals surface area (Å²) in [7, 11) is 0. The molecular weight excluding hydrogens is 411 g/mol. The maximum atomic E-state index is 13.8. The van der Waals surface area contributed by atoms with Gasteiger partial charge >= 0.3 is 12.0 Å². The summed E-state index contributed by atoms with van der Waals surface area (Å²) >= 11 is 0. The minimum atomic E-state index is -0.531. The van der Waals surface area contributed by atoms with Crippen LogP contribution in [0.5, 0.6) is 11.8 Å². The lowest BCUT2D eigenvalue weighted by molar-refractivity contribution is -0.0312. The van der Waals surface area contributed by atoms with Crippen molar-refractivity contribution in [3.63, 3.8) is 0 Å². The Kier molecular flexibility index (Phi) is 4.21. The number of para-hydroxylation sites is 1. The van der Waals surface area contributed by atoms with E-state index in [0.717, 1.165) is 37.1 Å². The molecule has 7 nitrogen and oxygen atoms in total. The number of aromatic amines is 1. The topological polar surface area (TPSA) is 90.0 Å². The molecule has 0 radical (unpaired) electrons. The van der Waals surface area contributed by atoms with Gasteiger partial charge in [0, 0.05) is 11.5 Å². The van der Waals surface area contributed by atoms with Gasteiger partial charge in [0.15, 0.2) is 17.2 Å². The summed E-state index contributed by atoms with van der Waals surface area (Å²) in [5, 5.41) is 0. The Morgan fingerprint density at radius 2 is 1.84 bits per heavy atom. The van der Waals surface area contributed by atoms with Crippen molar-refractivity contribution in [1.82, 2.24) is 19.9 Å². The van der Waals surface area contributed by atoms with Crippen molar-refractivity contribution in [2.24, 2.45) is 0 Å². The highest BCUT2D eigenvalue weighted by Crippen LogP contribution is 2.49.